The summed E-state index contributed by atoms with van der Waals surface area (Å²) in [5, 5.41) is 4.63. The number of hydrogen-bond donors (Lipinski definition) is 2. The van der Waals surface area contributed by atoms with Gasteiger partial charge in [-0.3, -0.25) is 9.59 Å². The SMILES string of the molecule is CCC(C)NC(=O)C1CSCN1C(=O)Cc1c[nH]c2cc(Cl)ccc12. The minimum atomic E-state index is -0.383. The summed E-state index contributed by atoms with van der Waals surface area (Å²) >= 11 is 7.62. The van der Waals surface area contributed by atoms with Crippen LogP contribution in [0.4, 0.5) is 0 Å². The Bertz CT molecular complexity index is 792. The first-order chi connectivity index (χ1) is 12.0. The molecular weight excluding hydrogens is 358 g/mol. The van der Waals surface area contributed by atoms with Crippen LogP contribution in [0.25, 0.3) is 10.9 Å². The van der Waals surface area contributed by atoms with Crippen molar-refractivity contribution in [1.82, 2.24) is 15.2 Å². The van der Waals surface area contributed by atoms with Crippen LogP contribution in [0, 0.1) is 0 Å². The topological polar surface area (TPSA) is 65.2 Å². The van der Waals surface area contributed by atoms with E-state index in [9.17, 15) is 9.59 Å². The van der Waals surface area contributed by atoms with Crippen LogP contribution in [0.5, 0.6) is 0 Å². The maximum Gasteiger partial charge on any atom is 0.243 e. The average molecular weight is 380 g/mol. The largest absolute Gasteiger partial charge is 0.361 e. The predicted molar refractivity (Wildman–Crippen MR) is 103 cm³/mol. The third-order valence-corrected chi connectivity index (χ3v) is 5.82. The van der Waals surface area contributed by atoms with E-state index in [1.165, 1.54) is 0 Å². The second-order valence-electron chi connectivity index (χ2n) is 6.38. The molecule has 2 unspecified atom stereocenters. The van der Waals surface area contributed by atoms with Crippen molar-refractivity contribution in [2.24, 2.45) is 0 Å². The van der Waals surface area contributed by atoms with E-state index in [1.807, 2.05) is 38.2 Å². The monoisotopic (exact) mass is 379 g/mol. The molecule has 0 spiro atoms. The molecule has 2 aromatic rings. The van der Waals surface area contributed by atoms with E-state index in [1.54, 1.807) is 16.7 Å². The molecule has 0 aliphatic carbocycles. The Hall–Kier alpha value is -1.66. The van der Waals surface area contributed by atoms with Gasteiger partial charge in [0.05, 0.1) is 12.3 Å². The smallest absolute Gasteiger partial charge is 0.243 e. The Morgan fingerprint density at radius 2 is 2.28 bits per heavy atom. The van der Waals surface area contributed by atoms with Crippen molar-refractivity contribution < 1.29 is 9.59 Å². The van der Waals surface area contributed by atoms with Gasteiger partial charge >= 0.3 is 0 Å². The Morgan fingerprint density at radius 3 is 3.04 bits per heavy atom. The number of nitrogens with zero attached hydrogens (tertiary/aromatic N) is 1. The molecule has 1 aromatic carbocycles. The zero-order valence-corrected chi connectivity index (χ0v) is 15.9. The summed E-state index contributed by atoms with van der Waals surface area (Å²) < 4.78 is 0. The van der Waals surface area contributed by atoms with Crippen molar-refractivity contribution in [2.75, 3.05) is 11.6 Å². The van der Waals surface area contributed by atoms with Gasteiger partial charge in [0.25, 0.3) is 0 Å². The van der Waals surface area contributed by atoms with Crippen molar-refractivity contribution in [3.63, 3.8) is 0 Å². The molecule has 5 nitrogen and oxygen atoms in total. The maximum atomic E-state index is 12.8. The minimum absolute atomic E-state index is 0.0230. The first-order valence-electron chi connectivity index (χ1n) is 8.42. The zero-order valence-electron chi connectivity index (χ0n) is 14.3. The molecule has 2 atom stereocenters. The molecule has 134 valence electrons. The summed E-state index contributed by atoms with van der Waals surface area (Å²) in [6, 6.07) is 5.32. The average Bonchev–Trinajstić information content (AvgIpc) is 3.21. The molecule has 1 fully saturated rings. The van der Waals surface area contributed by atoms with Gasteiger partial charge in [-0.25, -0.2) is 0 Å². The van der Waals surface area contributed by atoms with Crippen molar-refractivity contribution in [1.29, 1.82) is 0 Å². The van der Waals surface area contributed by atoms with E-state index >= 15 is 0 Å². The summed E-state index contributed by atoms with van der Waals surface area (Å²) in [6.45, 7) is 4.00. The quantitative estimate of drug-likeness (QED) is 0.838. The van der Waals surface area contributed by atoms with Gasteiger partial charge in [0.15, 0.2) is 0 Å². The van der Waals surface area contributed by atoms with E-state index < -0.39 is 0 Å². The molecule has 2 heterocycles. The highest BCUT2D eigenvalue weighted by molar-refractivity contribution is 7.99. The van der Waals surface area contributed by atoms with Crippen LogP contribution in [0.3, 0.4) is 0 Å². The third-order valence-electron chi connectivity index (χ3n) is 4.58. The van der Waals surface area contributed by atoms with Crippen LogP contribution in [0.1, 0.15) is 25.8 Å². The summed E-state index contributed by atoms with van der Waals surface area (Å²) in [5.74, 6) is 1.13. The van der Waals surface area contributed by atoms with Gasteiger partial charge in [0.2, 0.25) is 11.8 Å². The molecule has 1 aliphatic heterocycles. The number of benzene rings is 1. The Labute approximate surface area is 156 Å². The van der Waals surface area contributed by atoms with Crippen molar-refractivity contribution in [2.45, 2.75) is 38.8 Å². The van der Waals surface area contributed by atoms with E-state index in [-0.39, 0.29) is 30.3 Å². The fourth-order valence-corrected chi connectivity index (χ4v) is 4.27. The molecular formula is C18H22ClN3O2S. The van der Waals surface area contributed by atoms with Crippen LogP contribution >= 0.6 is 23.4 Å². The number of thioether (sulfide) groups is 1. The molecule has 2 N–H and O–H groups in total. The van der Waals surface area contributed by atoms with E-state index in [4.69, 9.17) is 11.6 Å². The number of hydrogen-bond acceptors (Lipinski definition) is 3. The van der Waals surface area contributed by atoms with E-state index in [0.29, 0.717) is 16.7 Å². The summed E-state index contributed by atoms with van der Waals surface area (Å²) in [6.07, 6.45) is 2.99. The number of carbonyl (C=O) groups is 2. The lowest BCUT2D eigenvalue weighted by Crippen LogP contribution is -2.49. The van der Waals surface area contributed by atoms with Crippen molar-refractivity contribution in [3.05, 3.63) is 35.0 Å². The van der Waals surface area contributed by atoms with Crippen LogP contribution in [-0.2, 0) is 16.0 Å². The molecule has 1 aliphatic rings. The van der Waals surface area contributed by atoms with E-state index in [0.717, 1.165) is 22.9 Å². The fraction of sp³-hybridized carbons (Fsp3) is 0.444. The van der Waals surface area contributed by atoms with Crippen LogP contribution in [0.15, 0.2) is 24.4 Å². The van der Waals surface area contributed by atoms with Crippen molar-refractivity contribution in [3.8, 4) is 0 Å². The van der Waals surface area contributed by atoms with Crippen LogP contribution in [-0.4, -0.2) is 45.4 Å². The van der Waals surface area contributed by atoms with Gasteiger partial charge in [-0.15, -0.1) is 11.8 Å². The summed E-state index contributed by atoms with van der Waals surface area (Å²) in [4.78, 5) is 30.1. The number of halogens is 1. The molecule has 1 aromatic heterocycles. The number of carbonyl (C=O) groups excluding carboxylic acids is 2. The lowest BCUT2D eigenvalue weighted by Gasteiger charge is -2.24. The van der Waals surface area contributed by atoms with Crippen molar-refractivity contribution >= 4 is 46.1 Å². The number of aromatic nitrogens is 1. The zero-order chi connectivity index (χ0) is 18.0. The second kappa shape index (κ2) is 7.70. The number of amides is 2. The normalized spacial score (nSPS) is 18.5. The van der Waals surface area contributed by atoms with Gasteiger partial charge in [0.1, 0.15) is 6.04 Å². The predicted octanol–water partition coefficient (Wildman–Crippen LogP) is 3.18. The minimum Gasteiger partial charge on any atom is -0.361 e. The van der Waals surface area contributed by atoms with Crippen LogP contribution < -0.4 is 5.32 Å². The Balaban J connectivity index is 1.72. The molecule has 7 heteroatoms. The standard InChI is InChI=1S/C18H22ClN3O2S/c1-3-11(2)21-18(24)16-9-25-10-22(16)17(23)6-12-8-20-15-7-13(19)4-5-14(12)15/h4-5,7-8,11,16,20H,3,6,9-10H2,1-2H3,(H,21,24). The molecule has 0 saturated carbocycles. The summed E-state index contributed by atoms with van der Waals surface area (Å²) in [7, 11) is 0. The molecule has 1 saturated heterocycles. The first kappa shape index (κ1) is 18.1. The van der Waals surface area contributed by atoms with Crippen LogP contribution in [0.2, 0.25) is 5.02 Å². The highest BCUT2D eigenvalue weighted by Crippen LogP contribution is 2.26. The number of rotatable bonds is 5. The Kier molecular flexibility index (Phi) is 5.59. The van der Waals surface area contributed by atoms with E-state index in [2.05, 4.69) is 10.3 Å². The lowest BCUT2D eigenvalue weighted by atomic mass is 10.1. The lowest BCUT2D eigenvalue weighted by molar-refractivity contribution is -0.137. The molecule has 25 heavy (non-hydrogen) atoms. The highest BCUT2D eigenvalue weighted by atomic mass is 35.5. The molecule has 2 amide bonds. The molecule has 0 bridgehead atoms. The molecule has 3 rings (SSSR count). The van der Waals surface area contributed by atoms with Gasteiger partial charge in [-0.05, 0) is 31.0 Å². The van der Waals surface area contributed by atoms with Gasteiger partial charge < -0.3 is 15.2 Å². The first-order valence-corrected chi connectivity index (χ1v) is 9.96. The third kappa shape index (κ3) is 3.96. The van der Waals surface area contributed by atoms with Gasteiger partial charge in [-0.2, -0.15) is 0 Å². The fourth-order valence-electron chi connectivity index (χ4n) is 2.92. The highest BCUT2D eigenvalue weighted by Gasteiger charge is 2.35. The van der Waals surface area contributed by atoms with Gasteiger partial charge in [-0.1, -0.05) is 24.6 Å². The second-order valence-corrected chi connectivity index (χ2v) is 7.81. The number of aromatic amines is 1. The Morgan fingerprint density at radius 1 is 1.48 bits per heavy atom. The number of H-pyrrole nitrogens is 1. The molecule has 0 radical (unpaired) electrons. The number of nitrogens with one attached hydrogen (secondary N) is 2. The van der Waals surface area contributed by atoms with Gasteiger partial charge in [0, 0.05) is 33.9 Å². The maximum absolute atomic E-state index is 12.8. The number of fused-ring (bicyclic) bond motifs is 1. The summed E-state index contributed by atoms with van der Waals surface area (Å²) in [5.41, 5.74) is 1.84.